The van der Waals surface area contributed by atoms with Gasteiger partial charge in [0.1, 0.15) is 53.8 Å². The Bertz CT molecular complexity index is 4410. The normalized spacial score (nSPS) is 43.1. The van der Waals surface area contributed by atoms with Crippen LogP contribution in [0.4, 0.5) is 61.5 Å². The number of Topliss-reactive ketones (excluding diaryl/α,β-unsaturated/α-hetero) is 2. The lowest BCUT2D eigenvalue weighted by Gasteiger charge is -2.60. The zero-order chi connectivity index (χ0) is 94.3. The number of ether oxygens (including phenoxy) is 9. The molecule has 0 spiro atoms. The van der Waals surface area contributed by atoms with Crippen LogP contribution in [0.1, 0.15) is 235 Å². The Morgan fingerprint density at radius 1 is 0.419 bits per heavy atom. The van der Waals surface area contributed by atoms with E-state index >= 15 is 0 Å². The molecule has 25 rings (SSSR count). The summed E-state index contributed by atoms with van der Waals surface area (Å²) in [5.74, 6) is -31.2. The van der Waals surface area contributed by atoms with Gasteiger partial charge in [-0.15, -0.1) is 0 Å². The van der Waals surface area contributed by atoms with Crippen molar-refractivity contribution in [3.05, 3.63) is 0 Å². The van der Waals surface area contributed by atoms with Gasteiger partial charge in [0, 0.05) is 119 Å². The highest BCUT2D eigenvalue weighted by molar-refractivity contribution is 7.87. The molecule has 0 amide bonds. The number of carbonyl (C=O) groups is 11. The fourth-order valence-electron chi connectivity index (χ4n) is 29.4. The Hall–Kier alpha value is -6.54. The van der Waals surface area contributed by atoms with Gasteiger partial charge in [0.05, 0.1) is 43.0 Å². The Morgan fingerprint density at radius 2 is 0.829 bits per heavy atom. The van der Waals surface area contributed by atoms with Crippen LogP contribution in [0.25, 0.3) is 0 Å². The Morgan fingerprint density at radius 3 is 1.29 bits per heavy atom. The van der Waals surface area contributed by atoms with Gasteiger partial charge in [0.15, 0.2) is 0 Å². The van der Waals surface area contributed by atoms with Gasteiger partial charge < -0.3 is 47.7 Å². The molecule has 24 nitrogen and oxygen atoms in total. The summed E-state index contributed by atoms with van der Waals surface area (Å²) in [4.78, 5) is 127. The molecule has 25 aliphatic rings. The molecule has 20 atom stereocenters. The molecule has 25 fully saturated rings. The molecule has 22 bridgehead atoms. The molecule has 3 aliphatic heterocycles. The van der Waals surface area contributed by atoms with Crippen LogP contribution >= 0.6 is 0 Å². The molecule has 0 radical (unpaired) electrons. The third-order valence-corrected chi connectivity index (χ3v) is 35.1. The maximum absolute atomic E-state index is 13.7. The first-order valence-corrected chi connectivity index (χ1v) is 47.0. The van der Waals surface area contributed by atoms with E-state index < -0.39 is 170 Å². The summed E-state index contributed by atoms with van der Waals surface area (Å²) in [5, 5.41) is 9.95. The molecular weight excluding hydrogens is 1760 g/mol. The topological polar surface area (TPSA) is 334 Å². The summed E-state index contributed by atoms with van der Waals surface area (Å²) in [6, 6.07) is 0. The van der Waals surface area contributed by atoms with Crippen LogP contribution in [0.2, 0.25) is 0 Å². The van der Waals surface area contributed by atoms with Crippen molar-refractivity contribution in [1.82, 2.24) is 0 Å². The highest BCUT2D eigenvalue weighted by Crippen LogP contribution is 2.68. The highest BCUT2D eigenvalue weighted by Gasteiger charge is 2.72. The van der Waals surface area contributed by atoms with E-state index in [1.54, 1.807) is 0 Å². The highest BCUT2D eigenvalue weighted by atomic mass is 32.2. The molecule has 0 aromatic carbocycles. The number of alkyl halides is 14. The molecule has 22 aliphatic carbocycles. The molecule has 129 heavy (non-hydrogen) atoms. The zero-order valence-electron chi connectivity index (χ0n) is 73.4. The third kappa shape index (κ3) is 19.5. The lowest BCUT2D eigenvalue weighted by molar-refractivity contribution is -0.207. The summed E-state index contributed by atoms with van der Waals surface area (Å²) >= 11 is 0. The fourth-order valence-corrected chi connectivity index (χ4v) is 31.3. The van der Waals surface area contributed by atoms with Crippen LogP contribution in [0, 0.1) is 141 Å². The van der Waals surface area contributed by atoms with Gasteiger partial charge in [-0.05, 0) is 238 Å². The van der Waals surface area contributed by atoms with Crippen molar-refractivity contribution in [2.45, 2.75) is 330 Å². The first-order valence-electron chi connectivity index (χ1n) is 45.5. The van der Waals surface area contributed by atoms with Gasteiger partial charge in [0.2, 0.25) is 0 Å². The molecule has 3 saturated heterocycles. The van der Waals surface area contributed by atoms with Gasteiger partial charge in [0.25, 0.3) is 10.1 Å². The van der Waals surface area contributed by atoms with Crippen LogP contribution in [-0.2, 0) is 110 Å². The van der Waals surface area contributed by atoms with Gasteiger partial charge in [-0.2, -0.15) is 69.9 Å². The summed E-state index contributed by atoms with van der Waals surface area (Å²) in [5.41, 5.74) is -1.72. The van der Waals surface area contributed by atoms with Gasteiger partial charge >= 0.3 is 95.2 Å². The van der Waals surface area contributed by atoms with E-state index in [1.807, 2.05) is 0 Å². The molecule has 724 valence electrons. The van der Waals surface area contributed by atoms with Crippen LogP contribution in [0.5, 0.6) is 0 Å². The van der Waals surface area contributed by atoms with Gasteiger partial charge in [-0.3, -0.25) is 23.4 Å². The summed E-state index contributed by atoms with van der Waals surface area (Å²) in [6.07, 6.45) is 20.4. The van der Waals surface area contributed by atoms with Crippen molar-refractivity contribution in [3.63, 3.8) is 0 Å². The number of halogens is 14. The predicted octanol–water partition coefficient (Wildman–Crippen LogP) is 14.7. The van der Waals surface area contributed by atoms with Crippen LogP contribution in [0.3, 0.4) is 0 Å². The van der Waals surface area contributed by atoms with Crippen molar-refractivity contribution in [2.75, 3.05) is 20.3 Å². The lowest BCUT2D eigenvalue weighted by Crippen LogP contribution is -2.57. The molecule has 39 heteroatoms. The number of hydrogen-bond acceptors (Lipinski definition) is 24. The SMILES string of the molecule is CC(F)(F)C(=O)OC12CC3CC(C1)C(=O)C(C3)C2.CC(F)(F)C(=O)OC1C2CC3C(=O)OC1C3C2.CC(F)(F)C(=O)OC1C2CC3C1OC(=O)C3C2C(=O)CC1(C)C2CC3CC(C2)CC1C3.CC(F)(F)C(=O)OC1C2CC3C1OS(=O)(=O)C3C2.CC(F)(F)C(=O)OCC12CC3CC(CC(C3)C1)C2.CC(F)(F)C(=O)OCC12CC3CC(CC(O)(C3)C1)C2.COC(=O)C(C)(F)F. The Kier molecular flexibility index (Phi) is 25.4. The number of carbonyl (C=O) groups excluding carboxylic acids is 11. The minimum atomic E-state index is -3.61. The van der Waals surface area contributed by atoms with Crippen molar-refractivity contribution in [2.24, 2.45) is 141 Å². The smallest absolute Gasteiger partial charge is 0.377 e. The number of fused-ring (bicyclic) bond motifs is 3. The first kappa shape index (κ1) is 97.0. The average molecular weight is 1880 g/mol. The number of ketones is 2. The van der Waals surface area contributed by atoms with E-state index in [0.29, 0.717) is 136 Å². The average Bonchev–Trinajstić information content (AvgIpc) is 1.51. The van der Waals surface area contributed by atoms with E-state index in [2.05, 4.69) is 11.7 Å². The number of aliphatic hydroxyl groups is 1. The van der Waals surface area contributed by atoms with Crippen molar-refractivity contribution < 1.29 is 175 Å². The zero-order valence-corrected chi connectivity index (χ0v) is 74.2. The standard InChI is InChI=1S/C24H30F2O5.C14H20F2O3.C14H20F2O2.C13H16F2O3.C11H12F2O4.C10H12F2O5S.C4H6F2O2/c1-23(12-4-10-3-11(6-12)7-13(23)5-10)9-16(27)17-14-8-15-18(17)21(28)30-19(15)20(14)31-22(29)24(2,25)26;1-12(15,16)11(17)19-8-13-3-9-2-10(4-13)6-14(18,5-9)7-13;1-13(15,16)12(17)18-8-14-5-9-2-10(6-14)4-11(3-9)7-14;1-12(14,15)11(17)18-13-4-7-2-8(5-13)10(16)9(3-7)6-13;1-11(12,13)10(15)17-7-4-2-5-6(3-4)9(14)16-8(5)7;1-10(11,12)9(13)16-7-4-2-5-6(3-4)18(14,15)17-8(5)7;1-4(5,6)3(7)8-2/h10-15,17-20H,3-9H2,1-2H3;9-10,18H,2-8H2,1H3;9-11H,2-8H2,1H3;7-9H,2-6H2,1H3;4-8H,2-3H2,1H3;4-8H,2-3H2,1H3;1-2H3. The first-order chi connectivity index (χ1) is 59.5. The molecular formula is C90H116F14O24S. The number of methoxy groups -OCH3 is 1. The lowest BCUT2D eigenvalue weighted by atomic mass is 9.44. The second-order valence-electron chi connectivity index (χ2n) is 43.8. The van der Waals surface area contributed by atoms with E-state index in [-0.39, 0.29) is 94.3 Å². The van der Waals surface area contributed by atoms with E-state index in [1.165, 1.54) is 51.4 Å². The molecule has 0 aromatic heterocycles. The number of rotatable bonds is 18. The second kappa shape index (κ2) is 33.8. The van der Waals surface area contributed by atoms with E-state index in [9.17, 15) is 128 Å². The quantitative estimate of drug-likeness (QED) is 0.0576. The van der Waals surface area contributed by atoms with Crippen molar-refractivity contribution in [1.29, 1.82) is 0 Å². The molecule has 1 N–H and O–H groups in total. The fraction of sp³-hybridized carbons (Fsp3) is 0.878. The second-order valence-corrected chi connectivity index (χ2v) is 45.5. The largest absolute Gasteiger partial charge is 0.465 e. The molecule has 22 saturated carbocycles. The van der Waals surface area contributed by atoms with Crippen LogP contribution in [0.15, 0.2) is 0 Å². The maximum Gasteiger partial charge on any atom is 0.377 e. The summed E-state index contributed by atoms with van der Waals surface area (Å²) in [7, 11) is -2.70. The predicted molar refractivity (Wildman–Crippen MR) is 415 cm³/mol. The number of esters is 9. The molecule has 3 heterocycles. The Labute approximate surface area is 737 Å². The molecule has 0 aromatic rings. The summed E-state index contributed by atoms with van der Waals surface area (Å²) in [6.45, 7) is 6.17. The van der Waals surface area contributed by atoms with Crippen LogP contribution < -0.4 is 0 Å². The Balaban J connectivity index is 0.000000119. The minimum absolute atomic E-state index is 0.00671. The van der Waals surface area contributed by atoms with Gasteiger partial charge in [-0.25, -0.2) is 33.6 Å². The molecule has 20 unspecified atom stereocenters. The van der Waals surface area contributed by atoms with Crippen molar-refractivity contribution in [3.8, 4) is 0 Å². The summed E-state index contributed by atoms with van der Waals surface area (Å²) < 4.78 is 250. The van der Waals surface area contributed by atoms with Gasteiger partial charge in [-0.1, -0.05) is 6.92 Å². The van der Waals surface area contributed by atoms with E-state index in [4.69, 9.17) is 42.1 Å². The third-order valence-electron chi connectivity index (χ3n) is 33.3. The monoisotopic (exact) mass is 1880 g/mol. The van der Waals surface area contributed by atoms with E-state index in [0.717, 1.165) is 107 Å². The van der Waals surface area contributed by atoms with Crippen molar-refractivity contribution >= 4 is 75.4 Å². The van der Waals surface area contributed by atoms with Crippen LogP contribution in [-0.4, -0.2) is 194 Å². The maximum atomic E-state index is 13.7. The number of hydrogen-bond donors (Lipinski definition) is 1. The minimum Gasteiger partial charge on any atom is -0.465 e.